The highest BCUT2D eigenvalue weighted by atomic mass is 16.6. The summed E-state index contributed by atoms with van der Waals surface area (Å²) in [5.41, 5.74) is 1.73. The lowest BCUT2D eigenvalue weighted by Crippen LogP contribution is -2.36. The highest BCUT2D eigenvalue weighted by Gasteiger charge is 2.08. The molecule has 8 heteroatoms. The summed E-state index contributed by atoms with van der Waals surface area (Å²) in [6.45, 7) is 4.58. The third kappa shape index (κ3) is 4.53. The van der Waals surface area contributed by atoms with Crippen LogP contribution in [0.5, 0.6) is 0 Å². The number of aryl methyl sites for hydroxylation is 2. The van der Waals surface area contributed by atoms with Crippen molar-refractivity contribution in [2.45, 2.75) is 26.9 Å². The summed E-state index contributed by atoms with van der Waals surface area (Å²) in [6, 6.07) is 6.46. The highest BCUT2D eigenvalue weighted by molar-refractivity contribution is 5.79. The average molecular weight is 317 g/mol. The van der Waals surface area contributed by atoms with E-state index in [-0.39, 0.29) is 5.69 Å². The van der Waals surface area contributed by atoms with E-state index >= 15 is 0 Å². The van der Waals surface area contributed by atoms with E-state index in [0.717, 1.165) is 17.0 Å². The van der Waals surface area contributed by atoms with E-state index in [9.17, 15) is 10.1 Å². The molecule has 0 atom stereocenters. The summed E-state index contributed by atoms with van der Waals surface area (Å²) < 4.78 is 5.48. The van der Waals surface area contributed by atoms with Gasteiger partial charge in [0.2, 0.25) is 5.89 Å². The Balaban J connectivity index is 1.90. The fourth-order valence-corrected chi connectivity index (χ4v) is 1.96. The average Bonchev–Trinajstić information content (AvgIpc) is 2.86. The number of nitrogens with one attached hydrogen (secondary N) is 2. The summed E-state index contributed by atoms with van der Waals surface area (Å²) in [7, 11) is 1.65. The van der Waals surface area contributed by atoms with Gasteiger partial charge in [-0.2, -0.15) is 0 Å². The largest absolute Gasteiger partial charge is 0.444 e. The summed E-state index contributed by atoms with van der Waals surface area (Å²) in [6.07, 6.45) is 0. The van der Waals surface area contributed by atoms with Gasteiger partial charge in [0, 0.05) is 25.7 Å². The first-order chi connectivity index (χ1) is 11.0. The Morgan fingerprint density at radius 2 is 2.09 bits per heavy atom. The zero-order valence-electron chi connectivity index (χ0n) is 13.3. The Kier molecular flexibility index (Phi) is 5.29. The standard InChI is InChI=1S/C15H19N5O3/c1-10-11(2)23-14(19-10)9-18-15(16-3)17-8-12-5-4-6-13(7-12)20(21)22/h4-7H,8-9H2,1-3H3,(H2,16,17,18). The van der Waals surface area contributed by atoms with E-state index in [1.165, 1.54) is 12.1 Å². The number of nitro benzene ring substituents is 1. The van der Waals surface area contributed by atoms with Gasteiger partial charge >= 0.3 is 0 Å². The second-order valence-electron chi connectivity index (χ2n) is 4.96. The summed E-state index contributed by atoms with van der Waals surface area (Å²) in [4.78, 5) is 18.7. The Morgan fingerprint density at radius 3 is 2.70 bits per heavy atom. The van der Waals surface area contributed by atoms with Crippen LogP contribution in [0.1, 0.15) is 22.9 Å². The maximum atomic E-state index is 10.8. The van der Waals surface area contributed by atoms with Crippen molar-refractivity contribution in [2.75, 3.05) is 7.05 Å². The molecular formula is C15H19N5O3. The SMILES string of the molecule is CN=C(NCc1cccc([N+](=O)[O-])c1)NCc1nc(C)c(C)o1. The minimum Gasteiger partial charge on any atom is -0.444 e. The molecular weight excluding hydrogens is 298 g/mol. The van der Waals surface area contributed by atoms with Crippen LogP contribution < -0.4 is 10.6 Å². The number of hydrogen-bond donors (Lipinski definition) is 2. The number of non-ortho nitro benzene ring substituents is 1. The molecule has 0 saturated heterocycles. The van der Waals surface area contributed by atoms with Crippen molar-refractivity contribution in [2.24, 2.45) is 4.99 Å². The number of rotatable bonds is 5. The Labute approximate surface area is 133 Å². The molecule has 1 aromatic heterocycles. The summed E-state index contributed by atoms with van der Waals surface area (Å²) >= 11 is 0. The maximum Gasteiger partial charge on any atom is 0.269 e. The number of guanidine groups is 1. The molecule has 1 aromatic carbocycles. The topological polar surface area (TPSA) is 106 Å². The Hall–Kier alpha value is -2.90. The van der Waals surface area contributed by atoms with E-state index < -0.39 is 4.92 Å². The smallest absolute Gasteiger partial charge is 0.269 e. The monoisotopic (exact) mass is 317 g/mol. The van der Waals surface area contributed by atoms with Crippen LogP contribution in [-0.4, -0.2) is 22.9 Å². The molecule has 0 unspecified atom stereocenters. The predicted molar refractivity (Wildman–Crippen MR) is 86.1 cm³/mol. The number of oxazole rings is 1. The van der Waals surface area contributed by atoms with Crippen LogP contribution in [0, 0.1) is 24.0 Å². The molecule has 0 aliphatic heterocycles. The normalized spacial score (nSPS) is 11.3. The minimum absolute atomic E-state index is 0.0676. The van der Waals surface area contributed by atoms with Gasteiger partial charge in [-0.1, -0.05) is 12.1 Å². The summed E-state index contributed by atoms with van der Waals surface area (Å²) in [5.74, 6) is 1.93. The molecule has 122 valence electrons. The molecule has 0 saturated carbocycles. The zero-order valence-corrected chi connectivity index (χ0v) is 13.3. The quantitative estimate of drug-likeness (QED) is 0.378. The molecule has 1 heterocycles. The molecule has 2 aromatic rings. The fraction of sp³-hybridized carbons (Fsp3) is 0.333. The van der Waals surface area contributed by atoms with Gasteiger partial charge in [-0.05, 0) is 19.4 Å². The number of nitro groups is 1. The second-order valence-corrected chi connectivity index (χ2v) is 4.96. The molecule has 0 fully saturated rings. The molecule has 8 nitrogen and oxygen atoms in total. The van der Waals surface area contributed by atoms with Crippen molar-refractivity contribution in [1.29, 1.82) is 0 Å². The molecule has 2 N–H and O–H groups in total. The van der Waals surface area contributed by atoms with Gasteiger partial charge in [0.25, 0.3) is 5.69 Å². The van der Waals surface area contributed by atoms with Crippen molar-refractivity contribution in [1.82, 2.24) is 15.6 Å². The number of aromatic nitrogens is 1. The lowest BCUT2D eigenvalue weighted by atomic mass is 10.2. The van der Waals surface area contributed by atoms with Crippen molar-refractivity contribution in [3.05, 3.63) is 57.3 Å². The molecule has 0 aliphatic rings. The lowest BCUT2D eigenvalue weighted by molar-refractivity contribution is -0.384. The lowest BCUT2D eigenvalue weighted by Gasteiger charge is -2.10. The van der Waals surface area contributed by atoms with Crippen LogP contribution in [0.3, 0.4) is 0 Å². The number of nitrogens with zero attached hydrogens (tertiary/aromatic N) is 3. The first-order valence-corrected chi connectivity index (χ1v) is 7.10. The number of hydrogen-bond acceptors (Lipinski definition) is 5. The molecule has 0 bridgehead atoms. The van der Waals surface area contributed by atoms with E-state index in [1.54, 1.807) is 13.1 Å². The van der Waals surface area contributed by atoms with Crippen molar-refractivity contribution < 1.29 is 9.34 Å². The van der Waals surface area contributed by atoms with Crippen LogP contribution in [0.15, 0.2) is 33.7 Å². The zero-order chi connectivity index (χ0) is 16.8. The van der Waals surface area contributed by atoms with Gasteiger partial charge in [0.05, 0.1) is 17.2 Å². The fourth-order valence-electron chi connectivity index (χ4n) is 1.96. The molecule has 23 heavy (non-hydrogen) atoms. The van der Waals surface area contributed by atoms with Crippen molar-refractivity contribution >= 4 is 11.6 Å². The van der Waals surface area contributed by atoms with Gasteiger partial charge in [0.1, 0.15) is 5.76 Å². The van der Waals surface area contributed by atoms with Gasteiger partial charge < -0.3 is 15.1 Å². The predicted octanol–water partition coefficient (Wildman–Crippen LogP) is 2.06. The second kappa shape index (κ2) is 7.39. The molecule has 2 rings (SSSR count). The van der Waals surface area contributed by atoms with Gasteiger partial charge in [-0.15, -0.1) is 0 Å². The third-order valence-electron chi connectivity index (χ3n) is 3.28. The molecule has 0 aliphatic carbocycles. The Morgan fingerprint density at radius 1 is 1.35 bits per heavy atom. The maximum absolute atomic E-state index is 10.8. The van der Waals surface area contributed by atoms with Crippen LogP contribution in [-0.2, 0) is 13.1 Å². The van der Waals surface area contributed by atoms with Gasteiger partial charge in [-0.25, -0.2) is 4.98 Å². The first-order valence-electron chi connectivity index (χ1n) is 7.10. The van der Waals surface area contributed by atoms with E-state index in [0.29, 0.717) is 24.9 Å². The van der Waals surface area contributed by atoms with Crippen LogP contribution >= 0.6 is 0 Å². The Bertz CT molecular complexity index is 704. The van der Waals surface area contributed by atoms with Crippen molar-refractivity contribution in [3.8, 4) is 0 Å². The van der Waals surface area contributed by atoms with E-state index in [1.807, 2.05) is 19.9 Å². The number of benzene rings is 1. The van der Waals surface area contributed by atoms with E-state index in [4.69, 9.17) is 4.42 Å². The first kappa shape index (κ1) is 16.5. The van der Waals surface area contributed by atoms with Gasteiger partial charge in [-0.3, -0.25) is 15.1 Å². The van der Waals surface area contributed by atoms with Crippen LogP contribution in [0.4, 0.5) is 5.69 Å². The highest BCUT2D eigenvalue weighted by Crippen LogP contribution is 2.12. The minimum atomic E-state index is -0.413. The van der Waals surface area contributed by atoms with Gasteiger partial charge in [0.15, 0.2) is 5.96 Å². The van der Waals surface area contributed by atoms with Crippen LogP contribution in [0.25, 0.3) is 0 Å². The van der Waals surface area contributed by atoms with E-state index in [2.05, 4.69) is 20.6 Å². The molecule has 0 amide bonds. The van der Waals surface area contributed by atoms with Crippen LogP contribution in [0.2, 0.25) is 0 Å². The summed E-state index contributed by atoms with van der Waals surface area (Å²) in [5, 5.41) is 16.9. The third-order valence-corrected chi connectivity index (χ3v) is 3.28. The molecule has 0 radical (unpaired) electrons. The van der Waals surface area contributed by atoms with Crippen molar-refractivity contribution in [3.63, 3.8) is 0 Å². The number of aliphatic imine (C=N–C) groups is 1. The molecule has 0 spiro atoms.